The highest BCUT2D eigenvalue weighted by atomic mass is 35.5. The van der Waals surface area contributed by atoms with Gasteiger partial charge in [0.2, 0.25) is 5.13 Å². The maximum absolute atomic E-state index is 13.2. The molecule has 35 heavy (non-hydrogen) atoms. The van der Waals surface area contributed by atoms with Gasteiger partial charge in [-0.25, -0.2) is 0 Å². The van der Waals surface area contributed by atoms with Crippen molar-refractivity contribution in [2.45, 2.75) is 35.3 Å². The maximum atomic E-state index is 13.2. The SMILES string of the molecule is N#CC1=C(N)N(c2nnc(SCc3ccccc3)s2)C2=C(C(=O)CCC2)C1c1cccc(Cl)c1Cl. The van der Waals surface area contributed by atoms with Crippen LogP contribution in [-0.2, 0) is 10.5 Å². The van der Waals surface area contributed by atoms with Gasteiger partial charge in [0.15, 0.2) is 10.1 Å². The summed E-state index contributed by atoms with van der Waals surface area (Å²) in [5.74, 6) is 0.287. The molecule has 2 heterocycles. The summed E-state index contributed by atoms with van der Waals surface area (Å²) in [6.45, 7) is 0. The number of hydrogen-bond acceptors (Lipinski definition) is 8. The number of anilines is 1. The van der Waals surface area contributed by atoms with Crippen LogP contribution in [0.15, 0.2) is 75.5 Å². The molecule has 5 rings (SSSR count). The molecule has 1 unspecified atom stereocenters. The summed E-state index contributed by atoms with van der Waals surface area (Å²) in [5, 5.41) is 20.1. The number of halogens is 2. The van der Waals surface area contributed by atoms with E-state index in [1.54, 1.807) is 34.9 Å². The Morgan fingerprint density at radius 1 is 1.14 bits per heavy atom. The number of allylic oxidation sites excluding steroid dienone is 3. The van der Waals surface area contributed by atoms with E-state index in [0.717, 1.165) is 15.8 Å². The van der Waals surface area contributed by atoms with Crippen LogP contribution in [-0.4, -0.2) is 16.0 Å². The van der Waals surface area contributed by atoms with Gasteiger partial charge in [-0.15, -0.1) is 10.2 Å². The lowest BCUT2D eigenvalue weighted by molar-refractivity contribution is -0.116. The number of thioether (sulfide) groups is 1. The van der Waals surface area contributed by atoms with Crippen LogP contribution in [0, 0.1) is 11.3 Å². The maximum Gasteiger partial charge on any atom is 0.219 e. The highest BCUT2D eigenvalue weighted by Crippen LogP contribution is 2.49. The van der Waals surface area contributed by atoms with Gasteiger partial charge in [0.1, 0.15) is 5.82 Å². The fourth-order valence-corrected chi connectivity index (χ4v) is 6.68. The Hall–Kier alpha value is -2.83. The van der Waals surface area contributed by atoms with Crippen molar-refractivity contribution in [3.05, 3.63) is 92.4 Å². The smallest absolute Gasteiger partial charge is 0.219 e. The van der Waals surface area contributed by atoms with Gasteiger partial charge in [0.05, 0.1) is 27.6 Å². The summed E-state index contributed by atoms with van der Waals surface area (Å²) in [6.07, 6.45) is 1.71. The number of benzene rings is 2. The molecule has 1 aliphatic carbocycles. The van der Waals surface area contributed by atoms with Gasteiger partial charge in [-0.3, -0.25) is 9.69 Å². The topological polar surface area (TPSA) is 95.9 Å². The Morgan fingerprint density at radius 2 is 1.94 bits per heavy atom. The zero-order valence-electron chi connectivity index (χ0n) is 18.4. The summed E-state index contributed by atoms with van der Waals surface area (Å²) >= 11 is 15.8. The second-order valence-electron chi connectivity index (χ2n) is 8.08. The van der Waals surface area contributed by atoms with Crippen LogP contribution < -0.4 is 10.6 Å². The summed E-state index contributed by atoms with van der Waals surface area (Å²) in [5.41, 5.74) is 9.90. The molecule has 3 aromatic rings. The molecule has 1 aliphatic heterocycles. The van der Waals surface area contributed by atoms with Crippen LogP contribution in [0.5, 0.6) is 0 Å². The van der Waals surface area contributed by atoms with Gasteiger partial charge >= 0.3 is 0 Å². The van der Waals surface area contributed by atoms with Gasteiger partial charge in [-0.2, -0.15) is 5.26 Å². The van der Waals surface area contributed by atoms with Gasteiger partial charge in [0, 0.05) is 23.4 Å². The molecule has 0 bridgehead atoms. The Balaban J connectivity index is 1.57. The van der Waals surface area contributed by atoms with E-state index in [1.165, 1.54) is 16.9 Å². The highest BCUT2D eigenvalue weighted by Gasteiger charge is 2.42. The van der Waals surface area contributed by atoms with E-state index >= 15 is 0 Å². The number of carbonyl (C=O) groups is 1. The third kappa shape index (κ3) is 4.45. The predicted molar refractivity (Wildman–Crippen MR) is 140 cm³/mol. The zero-order valence-corrected chi connectivity index (χ0v) is 21.5. The monoisotopic (exact) mass is 539 g/mol. The van der Waals surface area contributed by atoms with Crippen LogP contribution in [0.3, 0.4) is 0 Å². The average Bonchev–Trinajstić information content (AvgIpc) is 3.33. The predicted octanol–water partition coefficient (Wildman–Crippen LogP) is 6.44. The average molecular weight is 541 g/mol. The molecule has 0 saturated carbocycles. The number of carbonyl (C=O) groups excluding carboxylic acids is 1. The summed E-state index contributed by atoms with van der Waals surface area (Å²) in [4.78, 5) is 15.0. The normalized spacial score (nSPS) is 18.0. The summed E-state index contributed by atoms with van der Waals surface area (Å²) < 4.78 is 0.777. The molecule has 6 nitrogen and oxygen atoms in total. The number of ketones is 1. The highest BCUT2D eigenvalue weighted by molar-refractivity contribution is 8.00. The summed E-state index contributed by atoms with van der Waals surface area (Å²) in [6, 6.07) is 17.6. The number of Topliss-reactive ketones (excluding diaryl/α,β-unsaturated/α-hetero) is 1. The minimum absolute atomic E-state index is 0.0271. The van der Waals surface area contributed by atoms with Crippen molar-refractivity contribution in [2.75, 3.05) is 4.90 Å². The summed E-state index contributed by atoms with van der Waals surface area (Å²) in [7, 11) is 0. The molecule has 176 valence electrons. The molecule has 0 radical (unpaired) electrons. The van der Waals surface area contributed by atoms with E-state index in [-0.39, 0.29) is 17.2 Å². The van der Waals surface area contributed by atoms with Crippen LogP contribution in [0.1, 0.15) is 36.3 Å². The second kappa shape index (κ2) is 10.0. The van der Waals surface area contributed by atoms with Crippen molar-refractivity contribution >= 4 is 57.2 Å². The van der Waals surface area contributed by atoms with Crippen molar-refractivity contribution in [1.29, 1.82) is 5.26 Å². The molecular weight excluding hydrogens is 521 g/mol. The van der Waals surface area contributed by atoms with E-state index in [4.69, 9.17) is 28.9 Å². The number of rotatable bonds is 5. The molecule has 10 heteroatoms. The first-order chi connectivity index (χ1) is 17.0. The van der Waals surface area contributed by atoms with E-state index in [0.29, 0.717) is 45.6 Å². The first-order valence-corrected chi connectivity index (χ1v) is 13.5. The third-order valence-corrected chi connectivity index (χ3v) is 8.94. The Bertz CT molecular complexity index is 1410. The first-order valence-electron chi connectivity index (χ1n) is 10.9. The van der Waals surface area contributed by atoms with Crippen molar-refractivity contribution in [2.24, 2.45) is 5.73 Å². The van der Waals surface area contributed by atoms with Crippen molar-refractivity contribution in [3.8, 4) is 6.07 Å². The van der Waals surface area contributed by atoms with Gasteiger partial charge in [-0.1, -0.05) is 88.8 Å². The van der Waals surface area contributed by atoms with Crippen LogP contribution in [0.4, 0.5) is 5.13 Å². The first kappa shape index (κ1) is 23.9. The Labute approximate surface area is 221 Å². The number of aromatic nitrogens is 2. The molecule has 2 N–H and O–H groups in total. The zero-order chi connectivity index (χ0) is 24.5. The van der Waals surface area contributed by atoms with E-state index < -0.39 is 5.92 Å². The molecule has 1 atom stereocenters. The lowest BCUT2D eigenvalue weighted by atomic mass is 9.76. The molecule has 1 aromatic heterocycles. The van der Waals surface area contributed by atoms with Crippen LogP contribution >= 0.6 is 46.3 Å². The Morgan fingerprint density at radius 3 is 2.71 bits per heavy atom. The molecule has 0 spiro atoms. The van der Waals surface area contributed by atoms with E-state index in [9.17, 15) is 10.1 Å². The van der Waals surface area contributed by atoms with Gasteiger partial charge < -0.3 is 5.73 Å². The van der Waals surface area contributed by atoms with Crippen LogP contribution in [0.2, 0.25) is 10.0 Å². The quantitative estimate of drug-likeness (QED) is 0.372. The largest absolute Gasteiger partial charge is 0.384 e. The molecule has 0 amide bonds. The van der Waals surface area contributed by atoms with Crippen molar-refractivity contribution < 1.29 is 4.79 Å². The lowest BCUT2D eigenvalue weighted by Gasteiger charge is -2.38. The van der Waals surface area contributed by atoms with E-state index in [1.807, 2.05) is 18.2 Å². The molecule has 2 aromatic carbocycles. The fraction of sp³-hybridized carbons (Fsp3) is 0.200. The van der Waals surface area contributed by atoms with Crippen molar-refractivity contribution in [3.63, 3.8) is 0 Å². The minimum Gasteiger partial charge on any atom is -0.384 e. The number of nitrogens with zero attached hydrogens (tertiary/aromatic N) is 4. The third-order valence-electron chi connectivity index (χ3n) is 6.00. The number of nitrogens with two attached hydrogens (primary N) is 1. The van der Waals surface area contributed by atoms with Gasteiger partial charge in [0.25, 0.3) is 0 Å². The molecule has 0 fully saturated rings. The van der Waals surface area contributed by atoms with Gasteiger partial charge in [-0.05, 0) is 30.0 Å². The minimum atomic E-state index is -0.676. The standard InChI is InChI=1S/C25H19Cl2N5OS2/c26-17-9-4-8-15(22(17)27)20-16(12-28)23(29)32(18-10-5-11-19(33)21(18)20)24-30-31-25(35-24)34-13-14-6-2-1-3-7-14/h1-4,6-9,20H,5,10-11,13,29H2. The number of nitriles is 1. The Kier molecular flexibility index (Phi) is 6.85. The van der Waals surface area contributed by atoms with E-state index in [2.05, 4.69) is 28.4 Å². The van der Waals surface area contributed by atoms with Crippen molar-refractivity contribution in [1.82, 2.24) is 10.2 Å². The molecule has 0 saturated heterocycles. The molecule has 2 aliphatic rings. The number of hydrogen-bond donors (Lipinski definition) is 1. The second-order valence-corrected chi connectivity index (χ2v) is 11.0. The van der Waals surface area contributed by atoms with Crippen LogP contribution in [0.25, 0.3) is 0 Å². The fourth-order valence-electron chi connectivity index (χ4n) is 4.43. The lowest BCUT2D eigenvalue weighted by Crippen LogP contribution is -2.38. The molecular formula is C25H19Cl2N5OS2.